The molecule has 166 valence electrons. The number of Topliss-reactive ketones (excluding diaryl/α,β-unsaturated/α-hetero) is 1. The summed E-state index contributed by atoms with van der Waals surface area (Å²) in [4.78, 5) is 14.5. The number of hydrogen-bond acceptors (Lipinski definition) is 4. The monoisotopic (exact) mass is 413 g/mol. The predicted octanol–water partition coefficient (Wildman–Crippen LogP) is 5.73. The van der Waals surface area contributed by atoms with Gasteiger partial charge in [-0.25, -0.2) is 0 Å². The van der Waals surface area contributed by atoms with Gasteiger partial charge in [0.25, 0.3) is 0 Å². The first-order chi connectivity index (χ1) is 14.5. The van der Waals surface area contributed by atoms with Crippen LogP contribution in [0.15, 0.2) is 36.4 Å². The molecule has 1 unspecified atom stereocenters. The van der Waals surface area contributed by atoms with Crippen molar-refractivity contribution in [2.24, 2.45) is 0 Å². The summed E-state index contributed by atoms with van der Waals surface area (Å²) in [6.07, 6.45) is 11.2. The highest BCUT2D eigenvalue weighted by molar-refractivity contribution is 6.00. The number of likely N-dealkylation sites (N-methyl/N-ethyl adjacent to an activating group) is 1. The quantitative estimate of drug-likeness (QED) is 0.289. The summed E-state index contributed by atoms with van der Waals surface area (Å²) in [6.45, 7) is 2.37. The molecule has 0 aliphatic carbocycles. The smallest absolute Gasteiger partial charge is 0.162 e. The molecule has 0 aromatic heterocycles. The number of carbonyl (C=O) groups is 1. The summed E-state index contributed by atoms with van der Waals surface area (Å²) < 4.78 is 0. The molecule has 4 nitrogen and oxygen atoms in total. The summed E-state index contributed by atoms with van der Waals surface area (Å²) in [7, 11) is 1.89. The van der Waals surface area contributed by atoms with Crippen LogP contribution < -0.4 is 4.90 Å². The summed E-state index contributed by atoms with van der Waals surface area (Å²) in [6, 6.07) is 12.0. The maximum absolute atomic E-state index is 12.6. The molecule has 2 rings (SSSR count). The largest absolute Gasteiger partial charge is 0.394 e. The Balaban J connectivity index is 1.80. The molecule has 4 heteroatoms. The fraction of sp³-hybridized carbons (Fsp3) is 0.577. The molecule has 0 saturated carbocycles. The van der Waals surface area contributed by atoms with E-state index in [4.69, 9.17) is 5.11 Å². The Bertz CT molecular complexity index is 774. The molecule has 0 aliphatic heterocycles. The van der Waals surface area contributed by atoms with Crippen LogP contribution in [0.4, 0.5) is 5.69 Å². The highest BCUT2D eigenvalue weighted by atomic mass is 16.3. The average Bonchev–Trinajstić information content (AvgIpc) is 2.76. The van der Waals surface area contributed by atoms with Gasteiger partial charge in [0.15, 0.2) is 5.78 Å². The summed E-state index contributed by atoms with van der Waals surface area (Å²) >= 11 is 0. The zero-order valence-corrected chi connectivity index (χ0v) is 18.8. The first-order valence-corrected chi connectivity index (χ1v) is 11.6. The Morgan fingerprint density at radius 1 is 0.900 bits per heavy atom. The van der Waals surface area contributed by atoms with Crippen LogP contribution in [0.3, 0.4) is 0 Å². The number of aliphatic hydroxyl groups excluding tert-OH is 2. The number of nitrogens with zero attached hydrogens (tertiary/aromatic N) is 1. The lowest BCUT2D eigenvalue weighted by atomic mass is 10.00. The number of fused-ring (bicyclic) bond motifs is 1. The zero-order chi connectivity index (χ0) is 21.8. The molecule has 2 aromatic carbocycles. The van der Waals surface area contributed by atoms with Gasteiger partial charge in [-0.05, 0) is 35.4 Å². The third-order valence-electron chi connectivity index (χ3n) is 5.79. The summed E-state index contributed by atoms with van der Waals surface area (Å²) in [5, 5.41) is 20.8. The van der Waals surface area contributed by atoms with Gasteiger partial charge >= 0.3 is 0 Å². The molecule has 0 radical (unpaired) electrons. The van der Waals surface area contributed by atoms with Crippen LogP contribution in [-0.4, -0.2) is 42.3 Å². The standard InChI is InChI=1S/C26H39NO3/c1-3-4-5-6-7-8-9-10-11-12-26(30)23-14-13-22-18-24(16-15-21(22)17-23)27(2)19-25(29)20-28/h13-18,25,28-29H,3-12,19-20H2,1-2H3. The number of carbonyl (C=O) groups excluding carboxylic acids is 1. The Morgan fingerprint density at radius 2 is 1.50 bits per heavy atom. The highest BCUT2D eigenvalue weighted by Crippen LogP contribution is 2.24. The third-order valence-corrected chi connectivity index (χ3v) is 5.79. The van der Waals surface area contributed by atoms with Crippen molar-refractivity contribution in [2.75, 3.05) is 25.1 Å². The van der Waals surface area contributed by atoms with Gasteiger partial charge in [0.1, 0.15) is 0 Å². The molecule has 1 atom stereocenters. The normalized spacial score (nSPS) is 12.3. The first-order valence-electron chi connectivity index (χ1n) is 11.6. The van der Waals surface area contributed by atoms with Gasteiger partial charge in [-0.1, -0.05) is 76.5 Å². The highest BCUT2D eigenvalue weighted by Gasteiger charge is 2.10. The van der Waals surface area contributed by atoms with E-state index in [9.17, 15) is 9.90 Å². The van der Waals surface area contributed by atoms with Gasteiger partial charge in [0.05, 0.1) is 12.7 Å². The predicted molar refractivity (Wildman–Crippen MR) is 126 cm³/mol. The van der Waals surface area contributed by atoms with Gasteiger partial charge < -0.3 is 15.1 Å². The van der Waals surface area contributed by atoms with Gasteiger partial charge in [0.2, 0.25) is 0 Å². The van der Waals surface area contributed by atoms with Crippen molar-refractivity contribution in [2.45, 2.75) is 77.2 Å². The minimum atomic E-state index is -0.758. The lowest BCUT2D eigenvalue weighted by Gasteiger charge is -2.22. The van der Waals surface area contributed by atoms with Crippen LogP contribution in [0.5, 0.6) is 0 Å². The van der Waals surface area contributed by atoms with E-state index in [2.05, 4.69) is 6.92 Å². The van der Waals surface area contributed by atoms with Gasteiger partial charge in [-0.15, -0.1) is 0 Å². The van der Waals surface area contributed by atoms with E-state index < -0.39 is 6.10 Å². The number of unbranched alkanes of at least 4 members (excludes halogenated alkanes) is 8. The van der Waals surface area contributed by atoms with Crippen molar-refractivity contribution in [1.29, 1.82) is 0 Å². The Kier molecular flexibility index (Phi) is 10.9. The number of rotatable bonds is 15. The van der Waals surface area contributed by atoms with E-state index in [0.717, 1.165) is 34.9 Å². The summed E-state index contributed by atoms with van der Waals surface area (Å²) in [5.74, 6) is 0.229. The van der Waals surface area contributed by atoms with Gasteiger partial charge in [0, 0.05) is 31.3 Å². The van der Waals surface area contributed by atoms with Crippen molar-refractivity contribution in [3.05, 3.63) is 42.0 Å². The second-order valence-corrected chi connectivity index (χ2v) is 8.46. The van der Waals surface area contributed by atoms with Crippen LogP contribution in [0.25, 0.3) is 10.8 Å². The summed E-state index contributed by atoms with van der Waals surface area (Å²) in [5.41, 5.74) is 1.77. The molecule has 0 spiro atoms. The Morgan fingerprint density at radius 3 is 2.17 bits per heavy atom. The molecule has 0 fully saturated rings. The molecular formula is C26H39NO3. The molecule has 30 heavy (non-hydrogen) atoms. The van der Waals surface area contributed by atoms with Crippen LogP contribution >= 0.6 is 0 Å². The van der Waals surface area contributed by atoms with Gasteiger partial charge in [-0.3, -0.25) is 4.79 Å². The van der Waals surface area contributed by atoms with Crippen LogP contribution in [-0.2, 0) is 0 Å². The van der Waals surface area contributed by atoms with Gasteiger partial charge in [-0.2, -0.15) is 0 Å². The van der Waals surface area contributed by atoms with Crippen molar-refractivity contribution in [3.63, 3.8) is 0 Å². The fourth-order valence-electron chi connectivity index (χ4n) is 3.86. The second kappa shape index (κ2) is 13.4. The van der Waals surface area contributed by atoms with E-state index in [-0.39, 0.29) is 12.4 Å². The molecule has 0 amide bonds. The number of hydrogen-bond donors (Lipinski definition) is 2. The maximum atomic E-state index is 12.6. The van der Waals surface area contributed by atoms with Crippen molar-refractivity contribution < 1.29 is 15.0 Å². The van der Waals surface area contributed by atoms with E-state index in [1.165, 1.54) is 44.9 Å². The maximum Gasteiger partial charge on any atom is 0.162 e. The van der Waals surface area contributed by atoms with E-state index >= 15 is 0 Å². The van der Waals surface area contributed by atoms with E-state index in [1.807, 2.05) is 48.3 Å². The number of benzene rings is 2. The van der Waals surface area contributed by atoms with Crippen molar-refractivity contribution in [3.8, 4) is 0 Å². The SMILES string of the molecule is CCCCCCCCCCCC(=O)c1ccc2cc(N(C)CC(O)CO)ccc2c1. The van der Waals surface area contributed by atoms with Crippen molar-refractivity contribution >= 4 is 22.2 Å². The number of aliphatic hydroxyl groups is 2. The molecule has 2 aromatic rings. The molecule has 0 bridgehead atoms. The minimum absolute atomic E-state index is 0.229. The van der Waals surface area contributed by atoms with Crippen LogP contribution in [0, 0.1) is 0 Å². The zero-order valence-electron chi connectivity index (χ0n) is 18.8. The Labute approximate surface area is 181 Å². The molecule has 0 saturated heterocycles. The molecule has 0 heterocycles. The molecule has 0 aliphatic rings. The first kappa shape index (κ1) is 24.4. The minimum Gasteiger partial charge on any atom is -0.394 e. The lowest BCUT2D eigenvalue weighted by molar-refractivity contribution is 0.0979. The van der Waals surface area contributed by atoms with Crippen LogP contribution in [0.2, 0.25) is 0 Å². The second-order valence-electron chi connectivity index (χ2n) is 8.46. The lowest BCUT2D eigenvalue weighted by Crippen LogP contribution is -2.31. The Hall–Kier alpha value is -1.91. The number of ketones is 1. The molecule has 2 N–H and O–H groups in total. The number of anilines is 1. The van der Waals surface area contributed by atoms with E-state index in [1.54, 1.807) is 0 Å². The topological polar surface area (TPSA) is 60.8 Å². The van der Waals surface area contributed by atoms with Crippen molar-refractivity contribution in [1.82, 2.24) is 0 Å². The third kappa shape index (κ3) is 8.08. The average molecular weight is 414 g/mol. The molecular weight excluding hydrogens is 374 g/mol. The van der Waals surface area contributed by atoms with Crippen LogP contribution in [0.1, 0.15) is 81.5 Å². The van der Waals surface area contributed by atoms with E-state index in [0.29, 0.717) is 13.0 Å². The fourth-order valence-corrected chi connectivity index (χ4v) is 3.86.